The number of morpholine rings is 1. The molecule has 0 bridgehead atoms. The minimum absolute atomic E-state index is 0.108. The average molecular weight is 293 g/mol. The van der Waals surface area contributed by atoms with Crippen LogP contribution in [0.25, 0.3) is 6.08 Å². The molecular formula is C15H16FNO4. The first kappa shape index (κ1) is 14.0. The van der Waals surface area contributed by atoms with Gasteiger partial charge in [-0.25, -0.2) is 4.39 Å². The van der Waals surface area contributed by atoms with E-state index in [0.29, 0.717) is 49.8 Å². The summed E-state index contributed by atoms with van der Waals surface area (Å²) in [5.41, 5.74) is 1.20. The number of benzene rings is 1. The summed E-state index contributed by atoms with van der Waals surface area (Å²) in [6, 6.07) is 2.74. The highest BCUT2D eigenvalue weighted by molar-refractivity contribution is 5.92. The Kier molecular flexibility index (Phi) is 4.17. The molecule has 1 aromatic carbocycles. The van der Waals surface area contributed by atoms with Gasteiger partial charge in [0.25, 0.3) is 0 Å². The van der Waals surface area contributed by atoms with Gasteiger partial charge in [-0.1, -0.05) is 0 Å². The molecule has 0 spiro atoms. The molecule has 0 aromatic heterocycles. The number of carbonyl (C=O) groups is 1. The highest BCUT2D eigenvalue weighted by atomic mass is 19.1. The number of rotatable bonds is 2. The molecule has 6 heteroatoms. The zero-order valence-electron chi connectivity index (χ0n) is 11.5. The fourth-order valence-electron chi connectivity index (χ4n) is 2.38. The number of amides is 1. The Balaban J connectivity index is 1.79. The van der Waals surface area contributed by atoms with Gasteiger partial charge >= 0.3 is 0 Å². The molecule has 0 radical (unpaired) electrons. The van der Waals surface area contributed by atoms with Crippen LogP contribution in [0.2, 0.25) is 0 Å². The molecule has 0 atom stereocenters. The fourth-order valence-corrected chi connectivity index (χ4v) is 2.38. The first-order valence-electron chi connectivity index (χ1n) is 6.82. The van der Waals surface area contributed by atoms with E-state index in [4.69, 9.17) is 14.2 Å². The van der Waals surface area contributed by atoms with Crippen LogP contribution in [0.5, 0.6) is 5.75 Å². The Morgan fingerprint density at radius 1 is 1.24 bits per heavy atom. The Bertz CT molecular complexity index is 567. The first-order chi connectivity index (χ1) is 10.2. The molecule has 21 heavy (non-hydrogen) atoms. The molecule has 2 heterocycles. The maximum atomic E-state index is 13.6. The van der Waals surface area contributed by atoms with Gasteiger partial charge in [0.2, 0.25) is 5.91 Å². The Morgan fingerprint density at radius 2 is 2.05 bits per heavy atom. The van der Waals surface area contributed by atoms with Gasteiger partial charge in [-0.2, -0.15) is 0 Å². The monoisotopic (exact) mass is 293 g/mol. The van der Waals surface area contributed by atoms with Crippen LogP contribution >= 0.6 is 0 Å². The van der Waals surface area contributed by atoms with E-state index in [1.54, 1.807) is 11.0 Å². The maximum Gasteiger partial charge on any atom is 0.246 e. The first-order valence-corrected chi connectivity index (χ1v) is 6.82. The largest absolute Gasteiger partial charge is 0.467 e. The van der Waals surface area contributed by atoms with Crippen molar-refractivity contribution in [1.82, 2.24) is 4.90 Å². The number of carbonyl (C=O) groups excluding carboxylic acids is 1. The summed E-state index contributed by atoms with van der Waals surface area (Å²) in [5.74, 6) is 0.0957. The van der Waals surface area contributed by atoms with E-state index in [9.17, 15) is 9.18 Å². The van der Waals surface area contributed by atoms with Crippen LogP contribution in [-0.4, -0.2) is 43.9 Å². The number of hydrogen-bond acceptors (Lipinski definition) is 4. The summed E-state index contributed by atoms with van der Waals surface area (Å²) >= 11 is 0. The van der Waals surface area contributed by atoms with Crippen LogP contribution in [0, 0.1) is 5.82 Å². The van der Waals surface area contributed by atoms with Gasteiger partial charge in [0.1, 0.15) is 11.6 Å². The van der Waals surface area contributed by atoms with Gasteiger partial charge in [-0.05, 0) is 18.2 Å². The number of hydrogen-bond donors (Lipinski definition) is 0. The van der Waals surface area contributed by atoms with E-state index in [2.05, 4.69) is 0 Å². The number of nitrogens with zero attached hydrogens (tertiary/aromatic N) is 1. The van der Waals surface area contributed by atoms with Crippen molar-refractivity contribution in [1.29, 1.82) is 0 Å². The number of ether oxygens (including phenoxy) is 3. The Hall–Kier alpha value is -1.92. The lowest BCUT2D eigenvalue weighted by Crippen LogP contribution is -2.39. The van der Waals surface area contributed by atoms with Crippen LogP contribution in [0.4, 0.5) is 4.39 Å². The Morgan fingerprint density at radius 3 is 2.86 bits per heavy atom. The zero-order chi connectivity index (χ0) is 14.7. The number of fused-ring (bicyclic) bond motifs is 1. The smallest absolute Gasteiger partial charge is 0.246 e. The van der Waals surface area contributed by atoms with Crippen LogP contribution in [-0.2, 0) is 20.9 Å². The molecule has 3 rings (SSSR count). The van der Waals surface area contributed by atoms with Crippen molar-refractivity contribution in [3.63, 3.8) is 0 Å². The third-order valence-electron chi connectivity index (χ3n) is 3.43. The van der Waals surface area contributed by atoms with E-state index in [-0.39, 0.29) is 18.5 Å². The van der Waals surface area contributed by atoms with Crippen LogP contribution in [0.1, 0.15) is 11.1 Å². The third-order valence-corrected chi connectivity index (χ3v) is 3.43. The average Bonchev–Trinajstić information content (AvgIpc) is 2.53. The molecule has 1 saturated heterocycles. The van der Waals surface area contributed by atoms with Crippen molar-refractivity contribution in [2.24, 2.45) is 0 Å². The molecule has 1 fully saturated rings. The molecule has 5 nitrogen and oxygen atoms in total. The summed E-state index contributed by atoms with van der Waals surface area (Å²) in [5, 5.41) is 0. The molecular weight excluding hydrogens is 277 g/mol. The molecule has 0 unspecified atom stereocenters. The SMILES string of the molecule is O=C(/C=C/c1cc(F)cc2c1OCOC2)N1CCOCC1. The molecule has 0 N–H and O–H groups in total. The highest BCUT2D eigenvalue weighted by Gasteiger charge is 2.17. The molecule has 0 aliphatic carbocycles. The summed E-state index contributed by atoms with van der Waals surface area (Å²) < 4.78 is 29.3. The third kappa shape index (κ3) is 3.22. The normalized spacial score (nSPS) is 18.4. The lowest BCUT2D eigenvalue weighted by Gasteiger charge is -2.25. The van der Waals surface area contributed by atoms with Gasteiger partial charge in [0.15, 0.2) is 6.79 Å². The standard InChI is InChI=1S/C15H16FNO4/c16-13-7-11(15-12(8-13)9-20-10-21-15)1-2-14(18)17-3-5-19-6-4-17/h1-2,7-8H,3-6,9-10H2/b2-1+. The van der Waals surface area contributed by atoms with Crippen molar-refractivity contribution in [3.05, 3.63) is 35.2 Å². The lowest BCUT2D eigenvalue weighted by molar-refractivity contribution is -0.129. The maximum absolute atomic E-state index is 13.6. The van der Waals surface area contributed by atoms with Crippen molar-refractivity contribution >= 4 is 12.0 Å². The second-order valence-corrected chi connectivity index (χ2v) is 4.86. The second kappa shape index (κ2) is 6.24. The lowest BCUT2D eigenvalue weighted by atomic mass is 10.1. The predicted octanol–water partition coefficient (Wildman–Crippen LogP) is 1.56. The molecule has 2 aliphatic heterocycles. The molecule has 0 saturated carbocycles. The zero-order valence-corrected chi connectivity index (χ0v) is 11.5. The fraction of sp³-hybridized carbons (Fsp3) is 0.400. The summed E-state index contributed by atoms with van der Waals surface area (Å²) in [7, 11) is 0. The van der Waals surface area contributed by atoms with E-state index >= 15 is 0 Å². The molecule has 112 valence electrons. The van der Waals surface area contributed by atoms with E-state index in [1.807, 2.05) is 0 Å². The van der Waals surface area contributed by atoms with Gasteiger partial charge < -0.3 is 19.1 Å². The minimum Gasteiger partial charge on any atom is -0.467 e. The van der Waals surface area contributed by atoms with Crippen LogP contribution in [0.15, 0.2) is 18.2 Å². The summed E-state index contributed by atoms with van der Waals surface area (Å²) in [4.78, 5) is 13.8. The van der Waals surface area contributed by atoms with Crippen LogP contribution in [0.3, 0.4) is 0 Å². The van der Waals surface area contributed by atoms with Gasteiger partial charge in [-0.3, -0.25) is 4.79 Å². The Labute approximate surface area is 121 Å². The second-order valence-electron chi connectivity index (χ2n) is 4.86. The molecule has 1 aromatic rings. The minimum atomic E-state index is -0.374. The predicted molar refractivity (Wildman–Crippen MR) is 73.1 cm³/mol. The number of halogens is 1. The van der Waals surface area contributed by atoms with Gasteiger partial charge in [0, 0.05) is 30.3 Å². The molecule has 2 aliphatic rings. The topological polar surface area (TPSA) is 48.0 Å². The van der Waals surface area contributed by atoms with Gasteiger partial charge in [0.05, 0.1) is 19.8 Å². The van der Waals surface area contributed by atoms with Crippen LogP contribution < -0.4 is 4.74 Å². The highest BCUT2D eigenvalue weighted by Crippen LogP contribution is 2.30. The van der Waals surface area contributed by atoms with Crippen molar-refractivity contribution in [2.45, 2.75) is 6.61 Å². The van der Waals surface area contributed by atoms with Crippen molar-refractivity contribution in [3.8, 4) is 5.75 Å². The summed E-state index contributed by atoms with van der Waals surface area (Å²) in [6.45, 7) is 2.70. The van der Waals surface area contributed by atoms with Gasteiger partial charge in [-0.15, -0.1) is 0 Å². The van der Waals surface area contributed by atoms with Crippen molar-refractivity contribution in [2.75, 3.05) is 33.1 Å². The van der Waals surface area contributed by atoms with E-state index < -0.39 is 0 Å². The summed E-state index contributed by atoms with van der Waals surface area (Å²) in [6.07, 6.45) is 3.03. The van der Waals surface area contributed by atoms with E-state index in [0.717, 1.165) is 0 Å². The van der Waals surface area contributed by atoms with Crippen molar-refractivity contribution < 1.29 is 23.4 Å². The molecule has 1 amide bonds. The quantitative estimate of drug-likeness (QED) is 0.777. The van der Waals surface area contributed by atoms with E-state index in [1.165, 1.54) is 18.2 Å².